The van der Waals surface area contributed by atoms with Crippen LogP contribution in [0.2, 0.25) is 0 Å². The number of hydrogen-bond donors (Lipinski definition) is 0. The van der Waals surface area contributed by atoms with Gasteiger partial charge in [-0.15, -0.1) is 0 Å². The molecule has 0 aliphatic rings. The van der Waals surface area contributed by atoms with Crippen molar-refractivity contribution in [3.8, 4) is 111 Å². The van der Waals surface area contributed by atoms with Gasteiger partial charge in [0.2, 0.25) is 0 Å². The van der Waals surface area contributed by atoms with Crippen molar-refractivity contribution in [2.75, 3.05) is 0 Å². The smallest absolute Gasteiger partial charge is 0.145 e. The molecule has 0 atom stereocenters. The Balaban J connectivity index is 0.857. The summed E-state index contributed by atoms with van der Waals surface area (Å²) >= 11 is 0. The van der Waals surface area contributed by atoms with Crippen LogP contribution in [-0.4, -0.2) is 23.8 Å². The number of aryl methyl sites for hydroxylation is 4. The summed E-state index contributed by atoms with van der Waals surface area (Å²) in [6, 6.07) is 107. The summed E-state index contributed by atoms with van der Waals surface area (Å²) in [5.41, 5.74) is 31.3. The van der Waals surface area contributed by atoms with Gasteiger partial charge in [-0.05, 0) is 211 Å². The minimum absolute atomic E-state index is 0.928. The zero-order valence-electron chi connectivity index (χ0n) is 51.5. The normalized spacial score (nSPS) is 11.7. The first-order valence-corrected chi connectivity index (χ1v) is 31.6. The Hall–Kier alpha value is -11.8. The molecule has 0 amide bonds. The van der Waals surface area contributed by atoms with E-state index < -0.39 is 0 Å². The fraction of sp³-hybridized carbons (Fsp3) is 0.0460. The number of rotatable bonds is 10. The van der Waals surface area contributed by atoms with Crippen LogP contribution in [0.4, 0.5) is 0 Å². The van der Waals surface area contributed by atoms with Gasteiger partial charge in [0.1, 0.15) is 11.3 Å². The van der Waals surface area contributed by atoms with E-state index in [1.54, 1.807) is 0 Å². The van der Waals surface area contributed by atoms with Crippen LogP contribution in [0, 0.1) is 27.7 Å². The molecule has 5 heterocycles. The van der Waals surface area contributed by atoms with Crippen LogP contribution in [0.25, 0.3) is 166 Å². The van der Waals surface area contributed by atoms with Gasteiger partial charge in [-0.2, -0.15) is 0 Å². The lowest BCUT2D eigenvalue weighted by atomic mass is 9.84. The first-order chi connectivity index (χ1) is 45.3. The van der Waals surface area contributed by atoms with Gasteiger partial charge in [0.15, 0.2) is 0 Å². The van der Waals surface area contributed by atoms with Crippen molar-refractivity contribution in [3.05, 3.63) is 320 Å². The third-order valence-electron chi connectivity index (χ3n) is 19.1. The standard InChI is InChI=1S/C87H61N5/c1-54-56(3)91-84-31-16-14-28-76(84)81-51-63(41-45-78(81)86(91)89-54)69-22-8-10-24-71(69)66-48-67(72-25-11-9-23-70(72)64-42-46-79-82(52-64)77-29-15-17-32-85(77)92-57(4)55(2)90-87(79)92)50-68(49-66)73-26-12-13-27-74(73)75-44-43-65(83-30-18-19-47-88-83)53-80(75)62-39-37-61(38-40-62)60-35-33-59(34-36-60)58-20-6-5-7-21-58/h5-53H,1-4H3. The summed E-state index contributed by atoms with van der Waals surface area (Å²) in [6.45, 7) is 8.57. The highest BCUT2D eigenvalue weighted by molar-refractivity contribution is 6.15. The molecule has 0 N–H and O–H groups in total. The second-order valence-corrected chi connectivity index (χ2v) is 24.4. The molecule has 0 bridgehead atoms. The summed E-state index contributed by atoms with van der Waals surface area (Å²) in [7, 11) is 0. The molecule has 0 aliphatic carbocycles. The van der Waals surface area contributed by atoms with Crippen molar-refractivity contribution in [2.45, 2.75) is 27.7 Å². The van der Waals surface area contributed by atoms with E-state index in [9.17, 15) is 0 Å². The summed E-state index contributed by atoms with van der Waals surface area (Å²) in [6.07, 6.45) is 1.88. The Bertz CT molecular complexity index is 5550. The van der Waals surface area contributed by atoms with Gasteiger partial charge >= 0.3 is 0 Å². The average Bonchev–Trinajstić information content (AvgIpc) is 1.46. The van der Waals surface area contributed by atoms with Crippen LogP contribution in [0.1, 0.15) is 22.8 Å². The monoisotopic (exact) mass is 1180 g/mol. The molecule has 0 radical (unpaired) electrons. The molecular formula is C87H61N5. The van der Waals surface area contributed by atoms with Crippen LogP contribution in [-0.2, 0) is 0 Å². The molecule has 5 aromatic heterocycles. The number of aromatic nitrogens is 5. The maximum absolute atomic E-state index is 5.16. The highest BCUT2D eigenvalue weighted by atomic mass is 15.0. The molecule has 0 saturated carbocycles. The maximum Gasteiger partial charge on any atom is 0.145 e. The second-order valence-electron chi connectivity index (χ2n) is 24.4. The zero-order chi connectivity index (χ0) is 61.6. The highest BCUT2D eigenvalue weighted by Crippen LogP contribution is 2.47. The molecule has 5 nitrogen and oxygen atoms in total. The van der Waals surface area contributed by atoms with Crippen molar-refractivity contribution in [1.82, 2.24) is 23.8 Å². The fourth-order valence-electron chi connectivity index (χ4n) is 14.3. The van der Waals surface area contributed by atoms with Crippen molar-refractivity contribution in [2.24, 2.45) is 0 Å². The topological polar surface area (TPSA) is 47.5 Å². The van der Waals surface area contributed by atoms with E-state index in [2.05, 4.69) is 322 Å². The van der Waals surface area contributed by atoms with E-state index in [1.165, 1.54) is 38.2 Å². The number of hydrogen-bond acceptors (Lipinski definition) is 3. The van der Waals surface area contributed by atoms with Gasteiger partial charge in [-0.1, -0.05) is 218 Å². The molecule has 0 saturated heterocycles. The quantitative estimate of drug-likeness (QED) is 0.128. The van der Waals surface area contributed by atoms with E-state index >= 15 is 0 Å². The molecule has 0 spiro atoms. The van der Waals surface area contributed by atoms with E-state index in [4.69, 9.17) is 15.0 Å². The van der Waals surface area contributed by atoms with Crippen molar-refractivity contribution < 1.29 is 0 Å². The van der Waals surface area contributed by atoms with Crippen LogP contribution in [0.3, 0.4) is 0 Å². The summed E-state index contributed by atoms with van der Waals surface area (Å²) in [4.78, 5) is 15.2. The molecule has 92 heavy (non-hydrogen) atoms. The van der Waals surface area contributed by atoms with Crippen LogP contribution in [0.5, 0.6) is 0 Å². The Morgan fingerprint density at radius 3 is 1.08 bits per heavy atom. The van der Waals surface area contributed by atoms with Gasteiger partial charge < -0.3 is 0 Å². The SMILES string of the molecule is Cc1nc2c3ccc(-c4ccccc4-c4cc(-c5ccccc5-c5ccc6c(c5)c5ccccc5n5c(C)c(C)nc65)cc(-c5ccccc5-c5ccc(-c6ccccn6)cc5-c5ccc(-c6ccc(-c7ccccc7)cc6)cc5)c4)cc3c3ccccc3n2c1C. The average molecular weight is 1180 g/mol. The third-order valence-corrected chi connectivity index (χ3v) is 19.1. The van der Waals surface area contributed by atoms with Gasteiger partial charge in [0, 0.05) is 44.7 Å². The van der Waals surface area contributed by atoms with Gasteiger partial charge in [0.25, 0.3) is 0 Å². The molecular weight excluding hydrogens is 1110 g/mol. The molecule has 0 fully saturated rings. The predicted molar refractivity (Wildman–Crippen MR) is 385 cm³/mol. The number of imidazole rings is 2. The minimum Gasteiger partial charge on any atom is -0.296 e. The number of fused-ring (bicyclic) bond motifs is 12. The summed E-state index contributed by atoms with van der Waals surface area (Å²) in [5.74, 6) is 0. The summed E-state index contributed by atoms with van der Waals surface area (Å²) < 4.78 is 4.65. The highest BCUT2D eigenvalue weighted by Gasteiger charge is 2.22. The number of nitrogens with zero attached hydrogens (tertiary/aromatic N) is 5. The minimum atomic E-state index is 0.928. The number of para-hydroxylation sites is 2. The molecule has 434 valence electrons. The molecule has 12 aromatic carbocycles. The van der Waals surface area contributed by atoms with E-state index in [0.717, 1.165) is 151 Å². The Labute approximate surface area is 534 Å². The van der Waals surface area contributed by atoms with Crippen molar-refractivity contribution in [3.63, 3.8) is 0 Å². The van der Waals surface area contributed by atoms with Crippen molar-refractivity contribution >= 4 is 54.6 Å². The molecule has 5 heteroatoms. The Kier molecular flexibility index (Phi) is 13.0. The van der Waals surface area contributed by atoms with Crippen LogP contribution >= 0.6 is 0 Å². The van der Waals surface area contributed by atoms with Crippen LogP contribution in [0.15, 0.2) is 297 Å². The van der Waals surface area contributed by atoms with Gasteiger partial charge in [-0.3, -0.25) is 13.8 Å². The number of pyridine rings is 3. The predicted octanol–water partition coefficient (Wildman–Crippen LogP) is 22.9. The first kappa shape index (κ1) is 54.4. The Morgan fingerprint density at radius 1 is 0.228 bits per heavy atom. The van der Waals surface area contributed by atoms with E-state index in [0.29, 0.717) is 0 Å². The molecule has 0 unspecified atom stereocenters. The first-order valence-electron chi connectivity index (χ1n) is 31.6. The Morgan fingerprint density at radius 2 is 0.598 bits per heavy atom. The largest absolute Gasteiger partial charge is 0.296 e. The maximum atomic E-state index is 5.16. The fourth-order valence-corrected chi connectivity index (χ4v) is 14.3. The van der Waals surface area contributed by atoms with E-state index in [1.807, 2.05) is 12.3 Å². The summed E-state index contributed by atoms with van der Waals surface area (Å²) in [5, 5.41) is 7.04. The van der Waals surface area contributed by atoms with Gasteiger partial charge in [-0.25, -0.2) is 9.97 Å². The van der Waals surface area contributed by atoms with Crippen molar-refractivity contribution in [1.29, 1.82) is 0 Å². The van der Waals surface area contributed by atoms with Gasteiger partial charge in [0.05, 0.1) is 28.1 Å². The van der Waals surface area contributed by atoms with Crippen LogP contribution < -0.4 is 0 Å². The lowest BCUT2D eigenvalue weighted by Crippen LogP contribution is -1.95. The number of benzene rings is 12. The third kappa shape index (κ3) is 9.11. The molecule has 17 aromatic rings. The lowest BCUT2D eigenvalue weighted by molar-refractivity contribution is 1.14. The molecule has 17 rings (SSSR count). The lowest BCUT2D eigenvalue weighted by Gasteiger charge is -2.20. The second kappa shape index (κ2) is 22.1. The molecule has 0 aliphatic heterocycles. The van der Waals surface area contributed by atoms with E-state index in [-0.39, 0.29) is 0 Å². The zero-order valence-corrected chi connectivity index (χ0v) is 51.5.